The summed E-state index contributed by atoms with van der Waals surface area (Å²) in [5, 5.41) is 3.96. The first-order valence-electron chi connectivity index (χ1n) is 5.84. The summed E-state index contributed by atoms with van der Waals surface area (Å²) in [7, 11) is 0. The highest BCUT2D eigenvalue weighted by Crippen LogP contribution is 2.40. The number of nitrogens with two attached hydrogens (primary N) is 2. The molecule has 7 nitrogen and oxygen atoms in total. The molecule has 20 heavy (non-hydrogen) atoms. The molecule has 2 rings (SSSR count). The molecule has 0 spiro atoms. The van der Waals surface area contributed by atoms with Gasteiger partial charge in [-0.15, -0.1) is 0 Å². The standard InChI is InChI=1S/C12H12ClN7/c1-2-8-9(11(14)18-12(15)17-8)6-4-3-5-7(13)10(6)19-20-16/h3-5H,2H2,1H3,(H4,14,15,17,18). The molecule has 1 aromatic heterocycles. The van der Waals surface area contributed by atoms with Crippen LogP contribution in [0, 0.1) is 0 Å². The minimum absolute atomic E-state index is 0.107. The highest BCUT2D eigenvalue weighted by molar-refractivity contribution is 6.33. The van der Waals surface area contributed by atoms with Crippen molar-refractivity contribution in [2.24, 2.45) is 5.11 Å². The molecule has 0 aliphatic carbocycles. The summed E-state index contributed by atoms with van der Waals surface area (Å²) in [6.45, 7) is 1.92. The Morgan fingerprint density at radius 2 is 2.10 bits per heavy atom. The third kappa shape index (κ3) is 2.45. The number of hydrogen-bond donors (Lipinski definition) is 2. The van der Waals surface area contributed by atoms with Gasteiger partial charge in [0.1, 0.15) is 5.82 Å². The van der Waals surface area contributed by atoms with Crippen LogP contribution in [0.1, 0.15) is 12.6 Å². The fourth-order valence-corrected chi connectivity index (χ4v) is 2.17. The molecule has 0 atom stereocenters. The van der Waals surface area contributed by atoms with Gasteiger partial charge in [0.05, 0.1) is 16.4 Å². The number of rotatable bonds is 3. The first-order valence-corrected chi connectivity index (χ1v) is 6.22. The lowest BCUT2D eigenvalue weighted by Crippen LogP contribution is -2.06. The van der Waals surface area contributed by atoms with E-state index in [1.165, 1.54) is 0 Å². The van der Waals surface area contributed by atoms with Gasteiger partial charge >= 0.3 is 0 Å². The normalized spacial score (nSPS) is 10.1. The number of nitrogen functional groups attached to an aromatic ring is 2. The molecule has 4 N–H and O–H groups in total. The van der Waals surface area contributed by atoms with Gasteiger partial charge < -0.3 is 11.5 Å². The molecule has 0 fully saturated rings. The smallest absolute Gasteiger partial charge is 0.222 e. The molecule has 0 saturated heterocycles. The number of azide groups is 1. The van der Waals surface area contributed by atoms with E-state index >= 15 is 0 Å². The summed E-state index contributed by atoms with van der Waals surface area (Å²) >= 11 is 6.07. The zero-order chi connectivity index (χ0) is 14.7. The Morgan fingerprint density at radius 3 is 2.75 bits per heavy atom. The maximum Gasteiger partial charge on any atom is 0.222 e. The largest absolute Gasteiger partial charge is 0.383 e. The van der Waals surface area contributed by atoms with Crippen molar-refractivity contribution in [3.8, 4) is 11.1 Å². The molecular weight excluding hydrogens is 278 g/mol. The van der Waals surface area contributed by atoms with Gasteiger partial charge in [-0.3, -0.25) is 0 Å². The second kappa shape index (κ2) is 5.64. The van der Waals surface area contributed by atoms with Crippen LogP contribution < -0.4 is 11.5 Å². The molecule has 0 aliphatic heterocycles. The van der Waals surface area contributed by atoms with Gasteiger partial charge in [-0.05, 0) is 23.6 Å². The molecule has 0 radical (unpaired) electrons. The van der Waals surface area contributed by atoms with Gasteiger partial charge in [-0.1, -0.05) is 35.8 Å². The van der Waals surface area contributed by atoms with Crippen LogP contribution in [0.3, 0.4) is 0 Å². The number of anilines is 2. The summed E-state index contributed by atoms with van der Waals surface area (Å²) in [5.74, 6) is 0.335. The SMILES string of the molecule is CCc1nc(N)nc(N)c1-c1cccc(Cl)c1N=[N+]=[N-]. The van der Waals surface area contributed by atoms with Crippen LogP contribution >= 0.6 is 11.6 Å². The first kappa shape index (κ1) is 13.9. The van der Waals surface area contributed by atoms with Crippen molar-refractivity contribution in [3.63, 3.8) is 0 Å². The fraction of sp³-hybridized carbons (Fsp3) is 0.167. The fourth-order valence-electron chi connectivity index (χ4n) is 1.96. The molecule has 1 aromatic carbocycles. The summed E-state index contributed by atoms with van der Waals surface area (Å²) in [6.07, 6.45) is 0.606. The Labute approximate surface area is 120 Å². The number of halogens is 1. The Kier molecular flexibility index (Phi) is 3.93. The van der Waals surface area contributed by atoms with E-state index in [1.807, 2.05) is 6.92 Å². The van der Waals surface area contributed by atoms with Gasteiger partial charge in [-0.2, -0.15) is 4.98 Å². The van der Waals surface area contributed by atoms with Crippen LogP contribution in [-0.2, 0) is 6.42 Å². The third-order valence-corrected chi connectivity index (χ3v) is 3.07. The maximum atomic E-state index is 8.67. The van der Waals surface area contributed by atoms with Crippen molar-refractivity contribution in [2.45, 2.75) is 13.3 Å². The topological polar surface area (TPSA) is 127 Å². The van der Waals surface area contributed by atoms with E-state index in [4.69, 9.17) is 28.6 Å². The van der Waals surface area contributed by atoms with E-state index in [0.29, 0.717) is 34.0 Å². The second-order valence-corrected chi connectivity index (χ2v) is 4.37. The number of benzene rings is 1. The number of aromatic nitrogens is 2. The molecule has 0 bridgehead atoms. The quantitative estimate of drug-likeness (QED) is 0.509. The van der Waals surface area contributed by atoms with E-state index in [9.17, 15) is 0 Å². The Balaban J connectivity index is 2.81. The zero-order valence-electron chi connectivity index (χ0n) is 10.7. The van der Waals surface area contributed by atoms with E-state index in [0.717, 1.165) is 0 Å². The Hall–Kier alpha value is -2.50. The van der Waals surface area contributed by atoms with Crippen LogP contribution in [0.4, 0.5) is 17.5 Å². The van der Waals surface area contributed by atoms with Crippen molar-refractivity contribution in [3.05, 3.63) is 39.4 Å². The minimum atomic E-state index is 0.107. The first-order chi connectivity index (χ1) is 9.58. The molecule has 1 heterocycles. The van der Waals surface area contributed by atoms with Crippen LogP contribution in [0.5, 0.6) is 0 Å². The monoisotopic (exact) mass is 289 g/mol. The van der Waals surface area contributed by atoms with Crippen LogP contribution in [0.2, 0.25) is 5.02 Å². The molecule has 2 aromatic rings. The number of hydrogen-bond acceptors (Lipinski definition) is 5. The summed E-state index contributed by atoms with van der Waals surface area (Å²) in [4.78, 5) is 10.9. The molecule has 0 aliphatic rings. The molecule has 0 saturated carbocycles. The van der Waals surface area contributed by atoms with Crippen molar-refractivity contribution < 1.29 is 0 Å². The third-order valence-electron chi connectivity index (χ3n) is 2.76. The maximum absolute atomic E-state index is 8.67. The summed E-state index contributed by atoms with van der Waals surface area (Å²) < 4.78 is 0. The minimum Gasteiger partial charge on any atom is -0.383 e. The molecule has 0 unspecified atom stereocenters. The highest BCUT2D eigenvalue weighted by Gasteiger charge is 2.16. The lowest BCUT2D eigenvalue weighted by atomic mass is 10.0. The van der Waals surface area contributed by atoms with E-state index in [1.54, 1.807) is 18.2 Å². The van der Waals surface area contributed by atoms with Gasteiger partial charge in [0.2, 0.25) is 5.95 Å². The molecule has 8 heteroatoms. The van der Waals surface area contributed by atoms with Crippen LogP contribution in [0.15, 0.2) is 23.3 Å². The second-order valence-electron chi connectivity index (χ2n) is 3.97. The Bertz CT molecular complexity index is 707. The highest BCUT2D eigenvalue weighted by atomic mass is 35.5. The van der Waals surface area contributed by atoms with Crippen LogP contribution in [0.25, 0.3) is 21.6 Å². The van der Waals surface area contributed by atoms with Crippen molar-refractivity contribution >= 4 is 29.1 Å². The Morgan fingerprint density at radius 1 is 1.35 bits per heavy atom. The average molecular weight is 290 g/mol. The zero-order valence-corrected chi connectivity index (χ0v) is 11.5. The molecule has 0 amide bonds. The van der Waals surface area contributed by atoms with Gasteiger partial charge in [0.15, 0.2) is 0 Å². The van der Waals surface area contributed by atoms with Gasteiger partial charge in [0.25, 0.3) is 0 Å². The van der Waals surface area contributed by atoms with Crippen molar-refractivity contribution in [2.75, 3.05) is 11.5 Å². The van der Waals surface area contributed by atoms with Gasteiger partial charge in [0, 0.05) is 10.5 Å². The number of aryl methyl sites for hydroxylation is 1. The van der Waals surface area contributed by atoms with Gasteiger partial charge in [-0.25, -0.2) is 4.98 Å². The van der Waals surface area contributed by atoms with E-state index < -0.39 is 0 Å². The van der Waals surface area contributed by atoms with E-state index in [2.05, 4.69) is 20.0 Å². The molecular formula is C12H12ClN7. The van der Waals surface area contributed by atoms with Crippen molar-refractivity contribution in [1.82, 2.24) is 9.97 Å². The summed E-state index contributed by atoms with van der Waals surface area (Å²) in [6, 6.07) is 5.12. The number of nitrogens with zero attached hydrogens (tertiary/aromatic N) is 5. The average Bonchev–Trinajstić information content (AvgIpc) is 2.41. The predicted molar refractivity (Wildman–Crippen MR) is 79.5 cm³/mol. The predicted octanol–water partition coefficient (Wildman–Crippen LogP) is 3.47. The lowest BCUT2D eigenvalue weighted by Gasteiger charge is -2.13. The van der Waals surface area contributed by atoms with E-state index in [-0.39, 0.29) is 11.8 Å². The summed E-state index contributed by atoms with van der Waals surface area (Å²) in [5.41, 5.74) is 22.4. The lowest BCUT2D eigenvalue weighted by molar-refractivity contribution is 1.02. The molecule has 102 valence electrons. The van der Waals surface area contributed by atoms with Crippen molar-refractivity contribution in [1.29, 1.82) is 0 Å². The van der Waals surface area contributed by atoms with Crippen LogP contribution in [-0.4, -0.2) is 9.97 Å².